The summed E-state index contributed by atoms with van der Waals surface area (Å²) >= 11 is 0. The van der Waals surface area contributed by atoms with Crippen LogP contribution in [0.4, 0.5) is 0 Å². The summed E-state index contributed by atoms with van der Waals surface area (Å²) in [6.07, 6.45) is 8.15. The Balaban J connectivity index is 3.41. The van der Waals surface area contributed by atoms with Crippen LogP contribution in [0.15, 0.2) is 37.5 Å². The molecule has 0 radical (unpaired) electrons. The number of rotatable bonds is 5. The van der Waals surface area contributed by atoms with Gasteiger partial charge in [0.15, 0.2) is 0 Å². The van der Waals surface area contributed by atoms with E-state index in [1.165, 1.54) is 0 Å². The lowest BCUT2D eigenvalue weighted by Gasteiger charge is -2.00. The van der Waals surface area contributed by atoms with Gasteiger partial charge in [0.1, 0.15) is 0 Å². The highest BCUT2D eigenvalue weighted by atomic mass is 16.3. The topological polar surface area (TPSA) is 20.2 Å². The van der Waals surface area contributed by atoms with Crippen LogP contribution < -0.4 is 0 Å². The van der Waals surface area contributed by atoms with Gasteiger partial charge in [0.2, 0.25) is 0 Å². The molecular weight excluding hydrogens is 124 g/mol. The molecule has 10 heavy (non-hydrogen) atoms. The molecule has 0 aliphatic carbocycles. The van der Waals surface area contributed by atoms with Gasteiger partial charge in [0.25, 0.3) is 0 Å². The van der Waals surface area contributed by atoms with Crippen molar-refractivity contribution in [3.05, 3.63) is 37.5 Å². The first kappa shape index (κ1) is 9.18. The van der Waals surface area contributed by atoms with E-state index in [1.807, 2.05) is 0 Å². The van der Waals surface area contributed by atoms with Crippen molar-refractivity contribution < 1.29 is 5.11 Å². The lowest BCUT2D eigenvalue weighted by molar-refractivity contribution is 0.214. The van der Waals surface area contributed by atoms with Crippen molar-refractivity contribution in [3.63, 3.8) is 0 Å². The largest absolute Gasteiger partial charge is 0.389 e. The van der Waals surface area contributed by atoms with Gasteiger partial charge in [-0.15, -0.1) is 6.58 Å². The molecule has 0 aliphatic heterocycles. The first-order chi connectivity index (χ1) is 4.81. The lowest BCUT2D eigenvalue weighted by atomic mass is 10.2. The Morgan fingerprint density at radius 1 is 1.40 bits per heavy atom. The molecule has 0 saturated heterocycles. The van der Waals surface area contributed by atoms with Gasteiger partial charge in [0.05, 0.1) is 6.10 Å². The van der Waals surface area contributed by atoms with E-state index in [0.29, 0.717) is 0 Å². The van der Waals surface area contributed by atoms with Crippen LogP contribution in [-0.2, 0) is 0 Å². The second-order valence-electron chi connectivity index (χ2n) is 2.05. The Morgan fingerprint density at radius 3 is 2.60 bits per heavy atom. The van der Waals surface area contributed by atoms with Crippen molar-refractivity contribution in [1.29, 1.82) is 0 Å². The van der Waals surface area contributed by atoms with Crippen molar-refractivity contribution in [3.8, 4) is 0 Å². The summed E-state index contributed by atoms with van der Waals surface area (Å²) in [6.45, 7) is 7.05. The van der Waals surface area contributed by atoms with E-state index in [9.17, 15) is 0 Å². The van der Waals surface area contributed by atoms with Crippen LogP contribution in [0.3, 0.4) is 0 Å². The van der Waals surface area contributed by atoms with Crippen LogP contribution in [0.25, 0.3) is 0 Å². The number of hydrogen-bond acceptors (Lipinski definition) is 1. The van der Waals surface area contributed by atoms with E-state index in [1.54, 1.807) is 24.3 Å². The predicted molar refractivity (Wildman–Crippen MR) is 44.8 cm³/mol. The summed E-state index contributed by atoms with van der Waals surface area (Å²) in [4.78, 5) is 0. The molecule has 1 nitrogen and oxygen atoms in total. The summed E-state index contributed by atoms with van der Waals surface area (Å²) < 4.78 is 0. The molecule has 0 spiro atoms. The van der Waals surface area contributed by atoms with Gasteiger partial charge in [-0.25, -0.2) is 0 Å². The Kier molecular flexibility index (Phi) is 5.79. The molecule has 1 N–H and O–H groups in total. The molecule has 56 valence electrons. The van der Waals surface area contributed by atoms with Crippen LogP contribution in [0, 0.1) is 0 Å². The minimum absolute atomic E-state index is 0.351. The van der Waals surface area contributed by atoms with Gasteiger partial charge in [-0.2, -0.15) is 0 Å². The summed E-state index contributed by atoms with van der Waals surface area (Å²) in [5.41, 5.74) is 0. The highest BCUT2D eigenvalue weighted by Gasteiger charge is 1.93. The molecule has 0 aromatic carbocycles. The van der Waals surface area contributed by atoms with E-state index >= 15 is 0 Å². The third-order valence-electron chi connectivity index (χ3n) is 1.14. The SMILES string of the molecule is C=C/C=C/C(O)CCC=C. The Hall–Kier alpha value is -0.820. The van der Waals surface area contributed by atoms with Crippen molar-refractivity contribution >= 4 is 0 Å². The molecule has 0 fully saturated rings. The van der Waals surface area contributed by atoms with Gasteiger partial charge < -0.3 is 5.11 Å². The van der Waals surface area contributed by atoms with Crippen LogP contribution in [0.2, 0.25) is 0 Å². The summed E-state index contributed by atoms with van der Waals surface area (Å²) in [5.74, 6) is 0. The number of aliphatic hydroxyl groups excluding tert-OH is 1. The third-order valence-corrected chi connectivity index (χ3v) is 1.14. The highest BCUT2D eigenvalue weighted by Crippen LogP contribution is 1.98. The van der Waals surface area contributed by atoms with Gasteiger partial charge in [-0.1, -0.05) is 30.9 Å². The molecule has 0 aromatic rings. The molecule has 1 unspecified atom stereocenters. The zero-order valence-electron chi connectivity index (χ0n) is 6.16. The Labute approximate surface area is 62.4 Å². The van der Waals surface area contributed by atoms with Crippen molar-refractivity contribution in [1.82, 2.24) is 0 Å². The maximum absolute atomic E-state index is 9.13. The van der Waals surface area contributed by atoms with E-state index in [2.05, 4.69) is 13.2 Å². The van der Waals surface area contributed by atoms with Crippen LogP contribution in [0.5, 0.6) is 0 Å². The molecule has 0 rings (SSSR count). The molecule has 0 amide bonds. The van der Waals surface area contributed by atoms with E-state index < -0.39 is 0 Å². The summed E-state index contributed by atoms with van der Waals surface area (Å²) in [7, 11) is 0. The molecule has 0 aromatic heterocycles. The Bertz CT molecular complexity index is 125. The van der Waals surface area contributed by atoms with Crippen molar-refractivity contribution in [2.75, 3.05) is 0 Å². The average molecular weight is 138 g/mol. The minimum atomic E-state index is -0.351. The number of aliphatic hydroxyl groups is 1. The third kappa shape index (κ3) is 5.32. The smallest absolute Gasteiger partial charge is 0.0726 e. The first-order valence-corrected chi connectivity index (χ1v) is 3.39. The Morgan fingerprint density at radius 2 is 2.10 bits per heavy atom. The maximum atomic E-state index is 9.13. The van der Waals surface area contributed by atoms with E-state index in [-0.39, 0.29) is 6.10 Å². The van der Waals surface area contributed by atoms with E-state index in [0.717, 1.165) is 12.8 Å². The van der Waals surface area contributed by atoms with Crippen molar-refractivity contribution in [2.24, 2.45) is 0 Å². The molecule has 1 heteroatoms. The minimum Gasteiger partial charge on any atom is -0.389 e. The summed E-state index contributed by atoms with van der Waals surface area (Å²) in [6, 6.07) is 0. The van der Waals surface area contributed by atoms with Crippen LogP contribution in [-0.4, -0.2) is 11.2 Å². The zero-order valence-corrected chi connectivity index (χ0v) is 6.16. The second-order valence-corrected chi connectivity index (χ2v) is 2.05. The molecule has 0 saturated carbocycles. The fourth-order valence-corrected chi connectivity index (χ4v) is 0.592. The first-order valence-electron chi connectivity index (χ1n) is 3.39. The highest BCUT2D eigenvalue weighted by molar-refractivity contribution is 5.00. The van der Waals surface area contributed by atoms with Gasteiger partial charge >= 0.3 is 0 Å². The van der Waals surface area contributed by atoms with Crippen molar-refractivity contribution in [2.45, 2.75) is 18.9 Å². The second kappa shape index (κ2) is 6.30. The normalized spacial score (nSPS) is 13.3. The molecule has 1 atom stereocenters. The van der Waals surface area contributed by atoms with Gasteiger partial charge in [-0.3, -0.25) is 0 Å². The monoisotopic (exact) mass is 138 g/mol. The van der Waals surface area contributed by atoms with Gasteiger partial charge in [0, 0.05) is 0 Å². The molecule has 0 bridgehead atoms. The average Bonchev–Trinajstić information content (AvgIpc) is 1.97. The standard InChI is InChI=1S/C9H14O/c1-3-5-7-9(10)8-6-4-2/h3-5,7,9-10H,1-2,6,8H2/b7-5+. The quantitative estimate of drug-likeness (QED) is 0.455. The fraction of sp³-hybridized carbons (Fsp3) is 0.333. The van der Waals surface area contributed by atoms with Gasteiger partial charge in [-0.05, 0) is 12.8 Å². The molecular formula is C9H14O. The maximum Gasteiger partial charge on any atom is 0.0726 e. The predicted octanol–water partition coefficient (Wildman–Crippen LogP) is 2.06. The molecule has 0 heterocycles. The fourth-order valence-electron chi connectivity index (χ4n) is 0.592. The number of allylic oxidation sites excluding steroid dienone is 3. The van der Waals surface area contributed by atoms with Crippen LogP contribution in [0.1, 0.15) is 12.8 Å². The summed E-state index contributed by atoms with van der Waals surface area (Å²) in [5, 5.41) is 9.13. The molecule has 0 aliphatic rings. The van der Waals surface area contributed by atoms with Crippen LogP contribution >= 0.6 is 0 Å². The zero-order chi connectivity index (χ0) is 7.82. The van der Waals surface area contributed by atoms with E-state index in [4.69, 9.17) is 5.11 Å². The number of hydrogen-bond donors (Lipinski definition) is 1. The lowest BCUT2D eigenvalue weighted by Crippen LogP contribution is -1.99.